The predicted octanol–water partition coefficient (Wildman–Crippen LogP) is -2.95. The monoisotopic (exact) mass is 248 g/mol. The molecule has 0 amide bonds. The quantitative estimate of drug-likeness (QED) is 0.262. The van der Waals surface area contributed by atoms with Gasteiger partial charge in [-0.2, -0.15) is 13.2 Å². The minimum atomic E-state index is -6.09. The maximum atomic E-state index is 10.7. The van der Waals surface area contributed by atoms with E-state index in [-0.39, 0.29) is 31.9 Å². The van der Waals surface area contributed by atoms with E-state index in [4.69, 9.17) is 13.0 Å². The van der Waals surface area contributed by atoms with Gasteiger partial charge in [0.1, 0.15) is 0 Å². The van der Waals surface area contributed by atoms with Crippen molar-refractivity contribution in [1.29, 1.82) is 0 Å². The number of hydrogen-bond acceptors (Lipinski definition) is 3. The van der Waals surface area contributed by atoms with Crippen molar-refractivity contribution in [3.63, 3.8) is 0 Å². The zero-order chi connectivity index (χ0) is 7.00. The molecule has 0 aliphatic carbocycles. The van der Waals surface area contributed by atoms with Gasteiger partial charge < -0.3 is 17.0 Å². The second-order valence-corrected chi connectivity index (χ2v) is 2.27. The van der Waals surface area contributed by atoms with Crippen LogP contribution in [0.1, 0.15) is 0 Å². The predicted molar refractivity (Wildman–Crippen MR) is 15.8 cm³/mol. The van der Waals surface area contributed by atoms with Gasteiger partial charge in [0, 0.05) is 0 Å². The molecule has 0 heterocycles. The Kier molecular flexibility index (Phi) is 7.59. The van der Waals surface area contributed by atoms with Crippen LogP contribution in [-0.4, -0.2) is 18.5 Å². The molecule has 0 aromatic rings. The fourth-order valence-corrected chi connectivity index (χ4v) is 0. The van der Waals surface area contributed by atoms with Crippen molar-refractivity contribution in [2.24, 2.45) is 0 Å². The molecule has 0 N–H and O–H groups in total. The van der Waals surface area contributed by atoms with Crippen molar-refractivity contribution in [2.45, 2.75) is 5.51 Å². The molecule has 0 saturated carbocycles. The Morgan fingerprint density at radius 1 is 1.20 bits per heavy atom. The SMILES string of the molecule is O=S(=O)([O-])C(F)(F)F.[Cl-].[Zn+2]. The maximum absolute atomic E-state index is 10.7. The van der Waals surface area contributed by atoms with Crippen molar-refractivity contribution >= 4 is 10.1 Å². The third kappa shape index (κ3) is 5.40. The first kappa shape index (κ1) is 16.9. The fraction of sp³-hybridized carbons (Fsp3) is 1.00. The molecule has 0 fully saturated rings. The van der Waals surface area contributed by atoms with E-state index >= 15 is 0 Å². The zero-order valence-electron chi connectivity index (χ0n) is 4.35. The van der Waals surface area contributed by atoms with Gasteiger partial charge in [-0.1, -0.05) is 0 Å². The summed E-state index contributed by atoms with van der Waals surface area (Å²) < 4.78 is 58.9. The van der Waals surface area contributed by atoms with Crippen molar-refractivity contribution in [3.05, 3.63) is 0 Å². The number of halogens is 4. The van der Waals surface area contributed by atoms with Gasteiger partial charge in [-0.3, -0.25) is 0 Å². The largest absolute Gasteiger partial charge is 2.00 e. The minimum Gasteiger partial charge on any atom is -1.00 e. The summed E-state index contributed by atoms with van der Waals surface area (Å²) in [4.78, 5) is 0. The fourth-order valence-electron chi connectivity index (χ4n) is 0. The molecule has 0 unspecified atom stereocenters. The molecule has 3 nitrogen and oxygen atoms in total. The van der Waals surface area contributed by atoms with Gasteiger partial charge >= 0.3 is 25.0 Å². The van der Waals surface area contributed by atoms with Gasteiger partial charge in [0.25, 0.3) is 0 Å². The summed E-state index contributed by atoms with van der Waals surface area (Å²) in [6.45, 7) is 0. The topological polar surface area (TPSA) is 57.2 Å². The van der Waals surface area contributed by atoms with Crippen LogP contribution in [0.25, 0.3) is 0 Å². The van der Waals surface area contributed by atoms with E-state index < -0.39 is 15.6 Å². The molecule has 0 aromatic carbocycles. The van der Waals surface area contributed by atoms with Crippen LogP contribution in [0.5, 0.6) is 0 Å². The average Bonchev–Trinajstić information content (AvgIpc) is 1.25. The Bertz CT molecular complexity index is 173. The molecule has 0 aliphatic rings. The van der Waals surface area contributed by atoms with E-state index in [9.17, 15) is 13.2 Å². The van der Waals surface area contributed by atoms with Crippen LogP contribution in [-0.2, 0) is 29.6 Å². The zero-order valence-corrected chi connectivity index (χ0v) is 8.89. The van der Waals surface area contributed by atoms with Crippen LogP contribution in [0.15, 0.2) is 0 Å². The Labute approximate surface area is 73.9 Å². The van der Waals surface area contributed by atoms with Crippen molar-refractivity contribution in [2.75, 3.05) is 0 Å². The standard InChI is InChI=1S/CHF3O3S.ClH.Zn/c2-1(3,4)8(5,6)7;;/h(H,5,6,7);1H;/q;;+2/p-2. The van der Waals surface area contributed by atoms with Crippen molar-refractivity contribution < 1.29 is 58.0 Å². The van der Waals surface area contributed by atoms with Crippen LogP contribution in [0, 0.1) is 0 Å². The molecule has 0 aromatic heterocycles. The molecular weight excluding hydrogens is 250 g/mol. The summed E-state index contributed by atoms with van der Waals surface area (Å²) in [6.07, 6.45) is 0. The molecule has 10 heavy (non-hydrogen) atoms. The molecule has 0 radical (unpaired) electrons. The summed E-state index contributed by atoms with van der Waals surface area (Å²) in [7, 11) is -6.09. The second kappa shape index (κ2) is 4.48. The number of alkyl halides is 3. The molecule has 0 bridgehead atoms. The summed E-state index contributed by atoms with van der Waals surface area (Å²) in [6, 6.07) is 0. The van der Waals surface area contributed by atoms with Gasteiger partial charge in [-0.15, -0.1) is 0 Å². The summed E-state index contributed by atoms with van der Waals surface area (Å²) in [5, 5.41) is 0. The number of hydrogen-bond donors (Lipinski definition) is 0. The van der Waals surface area contributed by atoms with Crippen LogP contribution >= 0.6 is 0 Å². The van der Waals surface area contributed by atoms with Gasteiger partial charge in [-0.05, 0) is 0 Å². The van der Waals surface area contributed by atoms with E-state index in [0.29, 0.717) is 0 Å². The molecule has 9 heteroatoms. The normalized spacial score (nSPS) is 11.2. The van der Waals surface area contributed by atoms with Crippen LogP contribution < -0.4 is 12.4 Å². The first-order chi connectivity index (χ1) is 3.25. The summed E-state index contributed by atoms with van der Waals surface area (Å²) >= 11 is 0. The smallest absolute Gasteiger partial charge is 1.00 e. The maximum Gasteiger partial charge on any atom is 2.00 e. The first-order valence-corrected chi connectivity index (χ1v) is 2.68. The Morgan fingerprint density at radius 2 is 1.30 bits per heavy atom. The van der Waals surface area contributed by atoms with Gasteiger partial charge in [0.05, 0.1) is 0 Å². The molecule has 0 atom stereocenters. The Morgan fingerprint density at radius 3 is 1.30 bits per heavy atom. The van der Waals surface area contributed by atoms with E-state index in [0.717, 1.165) is 0 Å². The van der Waals surface area contributed by atoms with Crippen molar-refractivity contribution in [1.82, 2.24) is 0 Å². The van der Waals surface area contributed by atoms with Crippen LogP contribution in [0.3, 0.4) is 0 Å². The molecule has 58 valence electrons. The van der Waals surface area contributed by atoms with E-state index in [1.54, 1.807) is 0 Å². The van der Waals surface area contributed by atoms with Crippen LogP contribution in [0.2, 0.25) is 0 Å². The van der Waals surface area contributed by atoms with Gasteiger partial charge in [0.15, 0.2) is 10.1 Å². The molecular formula is CClF3O3SZn. The molecule has 0 spiro atoms. The number of rotatable bonds is 0. The van der Waals surface area contributed by atoms with Gasteiger partial charge in [-0.25, -0.2) is 8.42 Å². The average molecular weight is 250 g/mol. The Hall–Kier alpha value is 0.613. The minimum absolute atomic E-state index is 0. The molecule has 0 saturated heterocycles. The molecule has 0 rings (SSSR count). The van der Waals surface area contributed by atoms with Crippen molar-refractivity contribution in [3.8, 4) is 0 Å². The van der Waals surface area contributed by atoms with Crippen LogP contribution in [0.4, 0.5) is 13.2 Å². The van der Waals surface area contributed by atoms with E-state index in [2.05, 4.69) is 0 Å². The first-order valence-electron chi connectivity index (χ1n) is 1.27. The molecule has 0 aliphatic heterocycles. The second-order valence-electron chi connectivity index (χ2n) is 0.900. The third-order valence-corrected chi connectivity index (χ3v) is 0.850. The summed E-state index contributed by atoms with van der Waals surface area (Å²) in [5.41, 5.74) is -5.65. The summed E-state index contributed by atoms with van der Waals surface area (Å²) in [5.74, 6) is 0. The Balaban J connectivity index is -0.000000245. The van der Waals surface area contributed by atoms with Gasteiger partial charge in [0.2, 0.25) is 0 Å². The third-order valence-electron chi connectivity index (χ3n) is 0.283. The van der Waals surface area contributed by atoms with E-state index in [1.807, 2.05) is 0 Å². The van der Waals surface area contributed by atoms with E-state index in [1.165, 1.54) is 0 Å².